The molecule has 0 aromatic heterocycles. The first-order valence-electron chi connectivity index (χ1n) is 18.4. The fourth-order valence-corrected chi connectivity index (χ4v) is 9.27. The lowest BCUT2D eigenvalue weighted by Crippen LogP contribution is -2.59. The van der Waals surface area contributed by atoms with Crippen molar-refractivity contribution >= 4 is 22.6 Å². The van der Waals surface area contributed by atoms with Crippen LogP contribution in [-0.4, -0.2) is 87.9 Å². The number of aliphatic hydroxyl groups excluding tert-OH is 2. The summed E-state index contributed by atoms with van der Waals surface area (Å²) in [4.78, 5) is 12.8. The summed E-state index contributed by atoms with van der Waals surface area (Å²) in [6, 6.07) is 9.53. The van der Waals surface area contributed by atoms with Crippen molar-refractivity contribution in [3.05, 3.63) is 35.9 Å². The van der Waals surface area contributed by atoms with Gasteiger partial charge in [0.05, 0.1) is 55.8 Å². The number of esters is 1. The average Bonchev–Trinajstić information content (AvgIpc) is 3.41. The summed E-state index contributed by atoms with van der Waals surface area (Å²) in [6.07, 6.45) is -1.48. The molecular weight excluding hydrogens is 657 g/mol. The molecule has 10 atom stereocenters. The highest BCUT2D eigenvalue weighted by atomic mass is 28.4. The predicted molar refractivity (Wildman–Crippen MR) is 196 cm³/mol. The Kier molecular flexibility index (Phi) is 12.8. The number of carbonyl (C=O) groups excluding carboxylic acids is 1. The largest absolute Gasteiger partial charge is 0.461 e. The van der Waals surface area contributed by atoms with E-state index in [0.29, 0.717) is 32.3 Å². The molecule has 0 aliphatic carbocycles. The van der Waals surface area contributed by atoms with Gasteiger partial charge in [0.15, 0.2) is 22.4 Å². The second-order valence-electron chi connectivity index (χ2n) is 18.2. The van der Waals surface area contributed by atoms with Crippen LogP contribution in [0.25, 0.3) is 0 Å². The third-order valence-corrected chi connectivity index (χ3v) is 21.0. The van der Waals surface area contributed by atoms with Crippen LogP contribution >= 0.6 is 0 Å². The van der Waals surface area contributed by atoms with E-state index >= 15 is 0 Å². The molecule has 4 unspecified atom stereocenters. The smallest absolute Gasteiger partial charge is 0.308 e. The first-order chi connectivity index (χ1) is 22.5. The quantitative estimate of drug-likeness (QED) is 0.169. The van der Waals surface area contributed by atoms with Gasteiger partial charge < -0.3 is 38.0 Å². The van der Waals surface area contributed by atoms with E-state index in [9.17, 15) is 15.0 Å². The van der Waals surface area contributed by atoms with Gasteiger partial charge in [0.25, 0.3) is 0 Å². The van der Waals surface area contributed by atoms with Crippen molar-refractivity contribution in [1.82, 2.24) is 0 Å². The van der Waals surface area contributed by atoms with Gasteiger partial charge in [0, 0.05) is 25.7 Å². The zero-order valence-corrected chi connectivity index (χ0v) is 34.3. The van der Waals surface area contributed by atoms with Crippen molar-refractivity contribution in [1.29, 1.82) is 0 Å². The highest BCUT2D eigenvalue weighted by Crippen LogP contribution is 2.48. The molecule has 280 valence electrons. The van der Waals surface area contributed by atoms with Crippen molar-refractivity contribution in [3.63, 3.8) is 0 Å². The molecular formula is C38H66O9Si2. The molecule has 3 fully saturated rings. The van der Waals surface area contributed by atoms with Crippen molar-refractivity contribution < 1.29 is 42.8 Å². The number of carbonyl (C=O) groups is 1. The lowest BCUT2D eigenvalue weighted by Gasteiger charge is -2.51. The van der Waals surface area contributed by atoms with E-state index in [-0.39, 0.29) is 53.3 Å². The van der Waals surface area contributed by atoms with E-state index in [1.165, 1.54) is 0 Å². The number of aliphatic hydroxyl groups is 2. The highest BCUT2D eigenvalue weighted by Gasteiger charge is 2.56. The van der Waals surface area contributed by atoms with E-state index in [1.807, 2.05) is 37.3 Å². The van der Waals surface area contributed by atoms with Crippen LogP contribution in [0.15, 0.2) is 30.3 Å². The van der Waals surface area contributed by atoms with Crippen LogP contribution in [0.1, 0.15) is 93.1 Å². The first-order valence-corrected chi connectivity index (χ1v) is 24.2. The monoisotopic (exact) mass is 722 g/mol. The molecule has 3 aliphatic heterocycles. The predicted octanol–water partition coefficient (Wildman–Crippen LogP) is 7.35. The number of ether oxygens (including phenoxy) is 4. The maximum Gasteiger partial charge on any atom is 0.308 e. The molecule has 0 radical (unpaired) electrons. The maximum atomic E-state index is 12.8. The van der Waals surface area contributed by atoms with E-state index < -0.39 is 52.8 Å². The third kappa shape index (κ3) is 10.0. The molecule has 49 heavy (non-hydrogen) atoms. The van der Waals surface area contributed by atoms with Gasteiger partial charge in [0.1, 0.15) is 6.61 Å². The van der Waals surface area contributed by atoms with E-state index in [4.69, 9.17) is 27.8 Å². The minimum Gasteiger partial charge on any atom is -0.461 e. The maximum absolute atomic E-state index is 12.8. The topological polar surface area (TPSA) is 113 Å². The standard InChI is InChI=1S/C38H66O9Si2/c1-25-21-38(45-31(34(25)41)20-33(40)42-23-27-16-14-13-15-17-27)22-26(2)35-32(46-38)19-30(44-35)29(39)18-28(47-49(11,12)37(6,7)8)24-43-48(9,10)36(3,4)5/h13-17,25-26,28-32,34-35,39,41H,18-24H2,1-12H3/t25-,26-,28+,29-,30?,31?,32?,34-,35?,38+/m0/s1. The van der Waals surface area contributed by atoms with Crippen LogP contribution in [-0.2, 0) is 39.2 Å². The third-order valence-electron chi connectivity index (χ3n) is 11.9. The Hall–Kier alpha value is -1.16. The fraction of sp³-hybridized carbons (Fsp3) is 0.816. The Morgan fingerprint density at radius 2 is 1.57 bits per heavy atom. The van der Waals surface area contributed by atoms with Gasteiger partial charge in [-0.3, -0.25) is 4.79 Å². The molecule has 9 nitrogen and oxygen atoms in total. The van der Waals surface area contributed by atoms with Crippen molar-refractivity contribution in [3.8, 4) is 0 Å². The Bertz CT molecular complexity index is 1230. The first kappa shape index (κ1) is 40.6. The number of benzene rings is 1. The molecule has 0 saturated carbocycles. The molecule has 1 aromatic rings. The zero-order chi connectivity index (χ0) is 36.6. The summed E-state index contributed by atoms with van der Waals surface area (Å²) >= 11 is 0. The van der Waals surface area contributed by atoms with Crippen molar-refractivity contribution in [2.45, 2.75) is 179 Å². The molecule has 1 spiro atoms. The van der Waals surface area contributed by atoms with E-state index in [0.717, 1.165) is 5.56 Å². The Balaban J connectivity index is 1.41. The van der Waals surface area contributed by atoms with Gasteiger partial charge in [-0.1, -0.05) is 85.7 Å². The minimum atomic E-state index is -2.15. The fourth-order valence-electron chi connectivity index (χ4n) is 6.89. The Morgan fingerprint density at radius 1 is 0.959 bits per heavy atom. The van der Waals surface area contributed by atoms with E-state index in [2.05, 4.69) is 74.7 Å². The van der Waals surface area contributed by atoms with Gasteiger partial charge >= 0.3 is 5.97 Å². The number of rotatable bonds is 12. The molecule has 2 N–H and O–H groups in total. The minimum absolute atomic E-state index is 0.0186. The molecule has 3 aliphatic rings. The second kappa shape index (κ2) is 15.4. The van der Waals surface area contributed by atoms with Crippen LogP contribution < -0.4 is 0 Å². The van der Waals surface area contributed by atoms with Crippen LogP contribution in [0.4, 0.5) is 0 Å². The normalized spacial score (nSPS) is 32.5. The average molecular weight is 723 g/mol. The summed E-state index contributed by atoms with van der Waals surface area (Å²) in [7, 11) is -4.18. The molecule has 3 heterocycles. The van der Waals surface area contributed by atoms with Crippen LogP contribution in [0.2, 0.25) is 36.3 Å². The van der Waals surface area contributed by atoms with Crippen molar-refractivity contribution in [2.24, 2.45) is 11.8 Å². The number of hydrogen-bond acceptors (Lipinski definition) is 9. The molecule has 0 amide bonds. The van der Waals surface area contributed by atoms with Gasteiger partial charge in [0.2, 0.25) is 0 Å². The van der Waals surface area contributed by atoms with Crippen LogP contribution in [0.3, 0.4) is 0 Å². The van der Waals surface area contributed by atoms with Crippen LogP contribution in [0, 0.1) is 11.8 Å². The summed E-state index contributed by atoms with van der Waals surface area (Å²) < 4.78 is 38.9. The lowest BCUT2D eigenvalue weighted by atomic mass is 9.80. The lowest BCUT2D eigenvalue weighted by molar-refractivity contribution is -0.352. The summed E-state index contributed by atoms with van der Waals surface area (Å²) in [5, 5.41) is 22.8. The number of fused-ring (bicyclic) bond motifs is 1. The van der Waals surface area contributed by atoms with E-state index in [1.54, 1.807) is 0 Å². The molecule has 11 heteroatoms. The molecule has 0 bridgehead atoms. The van der Waals surface area contributed by atoms with Gasteiger partial charge in [-0.05, 0) is 53.7 Å². The highest BCUT2D eigenvalue weighted by molar-refractivity contribution is 6.74. The molecule has 1 aromatic carbocycles. The van der Waals surface area contributed by atoms with Gasteiger partial charge in [-0.25, -0.2) is 0 Å². The van der Waals surface area contributed by atoms with Gasteiger partial charge in [-0.2, -0.15) is 0 Å². The van der Waals surface area contributed by atoms with Crippen LogP contribution in [0.5, 0.6) is 0 Å². The Labute approximate surface area is 298 Å². The summed E-state index contributed by atoms with van der Waals surface area (Å²) in [6.45, 7) is 27.1. The SMILES string of the molecule is C[C@H]1C[C@@]2(C[C@H](C)[C@H](O)C(CC(=O)OCc3ccccc3)O2)OC2CC([C@@H](O)C[C@H](CO[Si](C)(C)C(C)(C)C)O[Si](C)(C)C(C)(C)C)OC21. The second-order valence-corrected chi connectivity index (χ2v) is 27.7. The molecule has 4 rings (SSSR count). The summed E-state index contributed by atoms with van der Waals surface area (Å²) in [5.41, 5.74) is 0.903. The number of hydrogen-bond donors (Lipinski definition) is 2. The summed E-state index contributed by atoms with van der Waals surface area (Å²) in [5.74, 6) is -1.41. The van der Waals surface area contributed by atoms with Gasteiger partial charge in [-0.15, -0.1) is 0 Å². The van der Waals surface area contributed by atoms with Crippen molar-refractivity contribution in [2.75, 3.05) is 6.61 Å². The zero-order valence-electron chi connectivity index (χ0n) is 32.3. The Morgan fingerprint density at radius 3 is 2.18 bits per heavy atom. The molecule has 3 saturated heterocycles.